The number of hydrogen-bond donors (Lipinski definition) is 0. The minimum Gasteiger partial charge on any atom is -0.494 e. The monoisotopic (exact) mass is 371 g/mol. The highest BCUT2D eigenvalue weighted by Crippen LogP contribution is 2.31. The van der Waals surface area contributed by atoms with Gasteiger partial charge in [0.25, 0.3) is 5.24 Å². The summed E-state index contributed by atoms with van der Waals surface area (Å²) in [7, 11) is 0. The summed E-state index contributed by atoms with van der Waals surface area (Å²) in [4.78, 5) is 26.1. The summed E-state index contributed by atoms with van der Waals surface area (Å²) in [5.41, 5.74) is 0.940. The minimum absolute atomic E-state index is 0.164. The largest absolute Gasteiger partial charge is 0.494 e. The molecule has 0 radical (unpaired) electrons. The van der Waals surface area contributed by atoms with Crippen LogP contribution in [0.1, 0.15) is 12.5 Å². The van der Waals surface area contributed by atoms with Crippen LogP contribution in [0.3, 0.4) is 0 Å². The van der Waals surface area contributed by atoms with Crippen LogP contribution in [0.4, 0.5) is 4.79 Å². The van der Waals surface area contributed by atoms with Crippen molar-refractivity contribution in [2.75, 3.05) is 19.8 Å². The predicted molar refractivity (Wildman–Crippen MR) is 102 cm³/mol. The molecule has 2 aromatic rings. The fraction of sp³-hybridized carbons (Fsp3) is 0.300. The maximum Gasteiger partial charge on any atom is 0.289 e. The third-order valence-electron chi connectivity index (χ3n) is 4.01. The van der Waals surface area contributed by atoms with Crippen LogP contribution in [0.2, 0.25) is 0 Å². The Kier molecular flexibility index (Phi) is 6.17. The highest BCUT2D eigenvalue weighted by molar-refractivity contribution is 8.15. The normalized spacial score (nSPS) is 16.8. The molecule has 5 nitrogen and oxygen atoms in total. The lowest BCUT2D eigenvalue weighted by molar-refractivity contribution is -0.126. The van der Waals surface area contributed by atoms with Crippen molar-refractivity contribution in [2.45, 2.75) is 18.6 Å². The van der Waals surface area contributed by atoms with E-state index in [2.05, 4.69) is 0 Å². The Morgan fingerprint density at radius 1 is 1.00 bits per heavy atom. The molecule has 0 unspecified atom stereocenters. The van der Waals surface area contributed by atoms with Gasteiger partial charge in [-0.05, 0) is 37.1 Å². The number of thioether (sulfide) groups is 1. The molecule has 136 valence electrons. The molecule has 2 aromatic carbocycles. The molecule has 1 atom stereocenters. The van der Waals surface area contributed by atoms with Crippen LogP contribution in [-0.2, 0) is 11.2 Å². The fourth-order valence-corrected chi connectivity index (χ4v) is 3.81. The van der Waals surface area contributed by atoms with E-state index in [-0.39, 0.29) is 24.3 Å². The first-order chi connectivity index (χ1) is 12.7. The van der Waals surface area contributed by atoms with Gasteiger partial charge >= 0.3 is 0 Å². The molecule has 1 heterocycles. The van der Waals surface area contributed by atoms with E-state index in [1.807, 2.05) is 61.5 Å². The topological polar surface area (TPSA) is 55.8 Å². The third-order valence-corrected chi connectivity index (χ3v) is 5.08. The molecule has 3 rings (SSSR count). The zero-order valence-electron chi connectivity index (χ0n) is 14.6. The van der Waals surface area contributed by atoms with Gasteiger partial charge in [-0.3, -0.25) is 14.5 Å². The summed E-state index contributed by atoms with van der Waals surface area (Å²) in [5, 5.41) is -0.633. The maximum atomic E-state index is 12.6. The first-order valence-electron chi connectivity index (χ1n) is 8.59. The van der Waals surface area contributed by atoms with E-state index in [1.54, 1.807) is 0 Å². The summed E-state index contributed by atoms with van der Waals surface area (Å²) in [6, 6.07) is 17.0. The number of nitrogens with zero attached hydrogens (tertiary/aromatic N) is 1. The molecule has 1 fully saturated rings. The number of amides is 2. The van der Waals surface area contributed by atoms with E-state index >= 15 is 0 Å². The fourth-order valence-electron chi connectivity index (χ4n) is 2.77. The molecule has 0 spiro atoms. The first kappa shape index (κ1) is 18.3. The SMILES string of the molecule is CCOc1ccccc1C[C@@H]1SC(=O)N(CCOc2ccccc2)C1=O. The molecular weight excluding hydrogens is 350 g/mol. The summed E-state index contributed by atoms with van der Waals surface area (Å²) in [6.07, 6.45) is 0.474. The quantitative estimate of drug-likeness (QED) is 0.707. The molecule has 1 aliphatic rings. The Labute approximate surface area is 157 Å². The van der Waals surface area contributed by atoms with Crippen molar-refractivity contribution in [3.63, 3.8) is 0 Å². The molecule has 6 heteroatoms. The third kappa shape index (κ3) is 4.38. The average molecular weight is 371 g/mol. The summed E-state index contributed by atoms with van der Waals surface area (Å²) in [6.45, 7) is 3.02. The van der Waals surface area contributed by atoms with E-state index in [0.717, 1.165) is 28.8 Å². The Morgan fingerprint density at radius 3 is 2.50 bits per heavy atom. The maximum absolute atomic E-state index is 12.6. The van der Waals surface area contributed by atoms with Crippen LogP contribution < -0.4 is 9.47 Å². The first-order valence-corrected chi connectivity index (χ1v) is 9.47. The van der Waals surface area contributed by atoms with Crippen LogP contribution >= 0.6 is 11.8 Å². The van der Waals surface area contributed by atoms with Crippen molar-refractivity contribution >= 4 is 22.9 Å². The number of carbonyl (C=O) groups excluding carboxylic acids is 2. The minimum atomic E-state index is -0.416. The van der Waals surface area contributed by atoms with Crippen LogP contribution in [0.5, 0.6) is 11.5 Å². The zero-order valence-corrected chi connectivity index (χ0v) is 15.4. The highest BCUT2D eigenvalue weighted by atomic mass is 32.2. The Balaban J connectivity index is 1.58. The Morgan fingerprint density at radius 2 is 1.73 bits per heavy atom. The molecule has 1 aliphatic heterocycles. The molecule has 0 bridgehead atoms. The number of hydrogen-bond acceptors (Lipinski definition) is 5. The van der Waals surface area contributed by atoms with Crippen molar-refractivity contribution < 1.29 is 19.1 Å². The van der Waals surface area contributed by atoms with Gasteiger partial charge in [0.2, 0.25) is 5.91 Å². The summed E-state index contributed by atoms with van der Waals surface area (Å²) in [5.74, 6) is 1.33. The van der Waals surface area contributed by atoms with Gasteiger partial charge in [-0.1, -0.05) is 48.2 Å². The lowest BCUT2D eigenvalue weighted by Gasteiger charge is -2.15. The molecule has 0 saturated carbocycles. The van der Waals surface area contributed by atoms with Gasteiger partial charge in [0, 0.05) is 0 Å². The van der Waals surface area contributed by atoms with Crippen molar-refractivity contribution in [3.05, 3.63) is 60.2 Å². The van der Waals surface area contributed by atoms with Gasteiger partial charge in [-0.25, -0.2) is 0 Å². The number of para-hydroxylation sites is 2. The standard InChI is InChI=1S/C20H21NO4S/c1-2-24-17-11-7-6-8-15(17)14-18-19(22)21(20(23)26-18)12-13-25-16-9-4-3-5-10-16/h3-11,18H,2,12-14H2,1H3/t18-/m0/s1. The Hall–Kier alpha value is -2.47. The van der Waals surface area contributed by atoms with Gasteiger partial charge in [0.1, 0.15) is 18.1 Å². The number of carbonyl (C=O) groups is 2. The number of benzene rings is 2. The van der Waals surface area contributed by atoms with Gasteiger partial charge in [0.05, 0.1) is 18.4 Å². The van der Waals surface area contributed by atoms with E-state index in [9.17, 15) is 9.59 Å². The lowest BCUT2D eigenvalue weighted by atomic mass is 10.1. The predicted octanol–water partition coefficient (Wildman–Crippen LogP) is 3.77. The number of imide groups is 1. The van der Waals surface area contributed by atoms with Crippen LogP contribution in [0.15, 0.2) is 54.6 Å². The molecule has 2 amide bonds. The van der Waals surface area contributed by atoms with E-state index in [0.29, 0.717) is 13.0 Å². The van der Waals surface area contributed by atoms with Crippen LogP contribution in [0, 0.1) is 0 Å². The molecule has 1 saturated heterocycles. The van der Waals surface area contributed by atoms with E-state index < -0.39 is 5.25 Å². The van der Waals surface area contributed by atoms with Crippen LogP contribution in [-0.4, -0.2) is 41.1 Å². The lowest BCUT2D eigenvalue weighted by Crippen LogP contribution is -2.35. The molecule has 0 aliphatic carbocycles. The van der Waals surface area contributed by atoms with Gasteiger partial charge in [-0.15, -0.1) is 0 Å². The second-order valence-electron chi connectivity index (χ2n) is 5.77. The second kappa shape index (κ2) is 8.76. The molecule has 0 N–H and O–H groups in total. The van der Waals surface area contributed by atoms with Crippen LogP contribution in [0.25, 0.3) is 0 Å². The van der Waals surface area contributed by atoms with Crippen molar-refractivity contribution in [2.24, 2.45) is 0 Å². The van der Waals surface area contributed by atoms with Crippen molar-refractivity contribution in [1.29, 1.82) is 0 Å². The smallest absolute Gasteiger partial charge is 0.289 e. The van der Waals surface area contributed by atoms with Crippen molar-refractivity contribution in [3.8, 4) is 11.5 Å². The van der Waals surface area contributed by atoms with Crippen molar-refractivity contribution in [1.82, 2.24) is 4.90 Å². The van der Waals surface area contributed by atoms with E-state index in [4.69, 9.17) is 9.47 Å². The average Bonchev–Trinajstić information content (AvgIpc) is 2.92. The Bertz CT molecular complexity index is 765. The van der Waals surface area contributed by atoms with Gasteiger partial charge in [0.15, 0.2) is 0 Å². The number of ether oxygens (including phenoxy) is 2. The highest BCUT2D eigenvalue weighted by Gasteiger charge is 2.39. The zero-order chi connectivity index (χ0) is 18.4. The number of rotatable bonds is 8. The second-order valence-corrected chi connectivity index (χ2v) is 6.92. The molecule has 0 aromatic heterocycles. The van der Waals surface area contributed by atoms with Gasteiger partial charge < -0.3 is 9.47 Å². The molecule has 26 heavy (non-hydrogen) atoms. The molecular formula is C20H21NO4S. The summed E-state index contributed by atoms with van der Waals surface area (Å²) >= 11 is 1.08. The summed E-state index contributed by atoms with van der Waals surface area (Å²) < 4.78 is 11.2. The van der Waals surface area contributed by atoms with E-state index in [1.165, 1.54) is 4.90 Å². The van der Waals surface area contributed by atoms with Gasteiger partial charge in [-0.2, -0.15) is 0 Å².